The molecule has 0 bridgehead atoms. The Morgan fingerprint density at radius 1 is 1.12 bits per heavy atom. The fourth-order valence-corrected chi connectivity index (χ4v) is 3.00. The molecular weight excluding hydrogens is 343 g/mol. The van der Waals surface area contributed by atoms with Gasteiger partial charge in [-0.25, -0.2) is 0 Å². The number of rotatable bonds is 6. The van der Waals surface area contributed by atoms with Gasteiger partial charge in [-0.1, -0.05) is 54.1 Å². The van der Waals surface area contributed by atoms with Gasteiger partial charge in [-0.2, -0.15) is 0 Å². The summed E-state index contributed by atoms with van der Waals surface area (Å²) in [6, 6.07) is 17.2. The maximum absolute atomic E-state index is 12.3. The molecule has 3 nitrogen and oxygen atoms in total. The van der Waals surface area contributed by atoms with E-state index in [0.29, 0.717) is 13.0 Å². The first kappa shape index (κ1) is 18.8. The SMILES string of the molecule is Cl.N[C@@H](Cc1ccccc1)C(=O)NCC1(c2ccc(Cl)cc2)CC1. The standard InChI is InChI=1S/C19H21ClN2O.ClH/c20-16-8-6-15(7-9-16)19(10-11-19)13-22-18(23)17(21)12-14-4-2-1-3-5-14;/h1-9,17H,10-13,21H2,(H,22,23);1H/t17-;/m0./s1. The van der Waals surface area contributed by atoms with E-state index in [0.717, 1.165) is 23.4 Å². The molecule has 128 valence electrons. The monoisotopic (exact) mass is 364 g/mol. The van der Waals surface area contributed by atoms with Crippen LogP contribution in [0.4, 0.5) is 0 Å². The van der Waals surface area contributed by atoms with Gasteiger partial charge in [0.25, 0.3) is 0 Å². The Kier molecular flexibility index (Phi) is 6.27. The van der Waals surface area contributed by atoms with E-state index in [2.05, 4.69) is 5.32 Å². The lowest BCUT2D eigenvalue weighted by Crippen LogP contribution is -2.44. The summed E-state index contributed by atoms with van der Waals surface area (Å²) in [4.78, 5) is 12.3. The minimum Gasteiger partial charge on any atom is -0.354 e. The summed E-state index contributed by atoms with van der Waals surface area (Å²) in [5, 5.41) is 3.76. The number of amides is 1. The highest BCUT2D eigenvalue weighted by molar-refractivity contribution is 6.30. The Labute approximate surface area is 154 Å². The lowest BCUT2D eigenvalue weighted by Gasteiger charge is -2.19. The van der Waals surface area contributed by atoms with Gasteiger partial charge in [0.05, 0.1) is 6.04 Å². The van der Waals surface area contributed by atoms with Crippen molar-refractivity contribution in [3.05, 3.63) is 70.7 Å². The Bertz CT molecular complexity index is 670. The van der Waals surface area contributed by atoms with Crippen molar-refractivity contribution in [2.45, 2.75) is 30.7 Å². The van der Waals surface area contributed by atoms with Gasteiger partial charge in [0, 0.05) is 17.0 Å². The van der Waals surface area contributed by atoms with Crippen LogP contribution >= 0.6 is 24.0 Å². The van der Waals surface area contributed by atoms with E-state index >= 15 is 0 Å². The molecule has 1 amide bonds. The number of nitrogens with one attached hydrogen (secondary N) is 1. The Morgan fingerprint density at radius 3 is 2.33 bits per heavy atom. The van der Waals surface area contributed by atoms with Crippen molar-refractivity contribution in [1.29, 1.82) is 0 Å². The zero-order valence-electron chi connectivity index (χ0n) is 13.4. The normalized spacial score (nSPS) is 15.9. The van der Waals surface area contributed by atoms with Crippen LogP contribution in [-0.2, 0) is 16.6 Å². The summed E-state index contributed by atoms with van der Waals surface area (Å²) in [5.74, 6) is -0.0888. The van der Waals surface area contributed by atoms with Crippen LogP contribution in [0.25, 0.3) is 0 Å². The summed E-state index contributed by atoms with van der Waals surface area (Å²) in [6.45, 7) is 0.635. The minimum absolute atomic E-state index is 0. The van der Waals surface area contributed by atoms with Crippen LogP contribution in [0, 0.1) is 0 Å². The molecule has 1 fully saturated rings. The van der Waals surface area contributed by atoms with Crippen molar-refractivity contribution >= 4 is 29.9 Å². The quantitative estimate of drug-likeness (QED) is 0.824. The second-order valence-electron chi connectivity index (χ2n) is 6.30. The topological polar surface area (TPSA) is 55.1 Å². The Morgan fingerprint density at radius 2 is 1.75 bits per heavy atom. The lowest BCUT2D eigenvalue weighted by atomic mass is 9.95. The van der Waals surface area contributed by atoms with Gasteiger partial charge in [-0.3, -0.25) is 4.79 Å². The molecule has 24 heavy (non-hydrogen) atoms. The molecule has 0 heterocycles. The van der Waals surface area contributed by atoms with Crippen molar-refractivity contribution in [1.82, 2.24) is 5.32 Å². The average Bonchev–Trinajstić information content (AvgIpc) is 3.35. The van der Waals surface area contributed by atoms with Crippen LogP contribution in [0.15, 0.2) is 54.6 Å². The third-order valence-electron chi connectivity index (χ3n) is 4.55. The molecular formula is C19H22Cl2N2O. The smallest absolute Gasteiger partial charge is 0.237 e. The highest BCUT2D eigenvalue weighted by Crippen LogP contribution is 2.47. The molecule has 1 aliphatic carbocycles. The first-order valence-corrected chi connectivity index (χ1v) is 8.30. The molecule has 1 saturated carbocycles. The molecule has 0 spiro atoms. The molecule has 0 saturated heterocycles. The minimum atomic E-state index is -0.515. The van der Waals surface area contributed by atoms with Gasteiger partial charge in [-0.05, 0) is 42.5 Å². The lowest BCUT2D eigenvalue weighted by molar-refractivity contribution is -0.122. The number of carbonyl (C=O) groups excluding carboxylic acids is 1. The van der Waals surface area contributed by atoms with E-state index in [-0.39, 0.29) is 23.7 Å². The molecule has 0 aromatic heterocycles. The molecule has 0 radical (unpaired) electrons. The summed E-state index contributed by atoms with van der Waals surface area (Å²) >= 11 is 5.94. The second-order valence-corrected chi connectivity index (χ2v) is 6.74. The van der Waals surface area contributed by atoms with E-state index in [9.17, 15) is 4.79 Å². The molecule has 2 aromatic carbocycles. The van der Waals surface area contributed by atoms with E-state index < -0.39 is 6.04 Å². The van der Waals surface area contributed by atoms with Crippen LogP contribution in [0.5, 0.6) is 0 Å². The van der Waals surface area contributed by atoms with Crippen LogP contribution in [0.1, 0.15) is 24.0 Å². The number of carbonyl (C=O) groups is 1. The molecule has 3 rings (SSSR count). The molecule has 3 N–H and O–H groups in total. The summed E-state index contributed by atoms with van der Waals surface area (Å²) < 4.78 is 0. The third-order valence-corrected chi connectivity index (χ3v) is 4.80. The maximum atomic E-state index is 12.3. The predicted molar refractivity (Wildman–Crippen MR) is 101 cm³/mol. The number of benzene rings is 2. The van der Waals surface area contributed by atoms with Crippen molar-refractivity contribution in [2.24, 2.45) is 5.73 Å². The van der Waals surface area contributed by atoms with Gasteiger partial charge in [-0.15, -0.1) is 12.4 Å². The molecule has 1 aliphatic rings. The van der Waals surface area contributed by atoms with E-state index in [1.807, 2.05) is 54.6 Å². The van der Waals surface area contributed by atoms with Crippen LogP contribution in [-0.4, -0.2) is 18.5 Å². The van der Waals surface area contributed by atoms with Crippen molar-refractivity contribution in [2.75, 3.05) is 6.54 Å². The molecule has 5 heteroatoms. The van der Waals surface area contributed by atoms with Crippen molar-refractivity contribution < 1.29 is 4.79 Å². The van der Waals surface area contributed by atoms with Gasteiger partial charge >= 0.3 is 0 Å². The molecule has 0 unspecified atom stereocenters. The predicted octanol–water partition coefficient (Wildman–Crippen LogP) is 3.48. The Hall–Kier alpha value is -1.55. The number of nitrogens with two attached hydrogens (primary N) is 1. The first-order valence-electron chi connectivity index (χ1n) is 7.92. The van der Waals surface area contributed by atoms with Gasteiger partial charge in [0.2, 0.25) is 5.91 Å². The second kappa shape index (κ2) is 8.02. The summed E-state index contributed by atoms with van der Waals surface area (Å²) in [6.07, 6.45) is 2.73. The summed E-state index contributed by atoms with van der Waals surface area (Å²) in [5.41, 5.74) is 8.40. The van der Waals surface area contributed by atoms with E-state index in [1.165, 1.54) is 5.56 Å². The number of hydrogen-bond acceptors (Lipinski definition) is 2. The average molecular weight is 365 g/mol. The van der Waals surface area contributed by atoms with Crippen molar-refractivity contribution in [3.63, 3.8) is 0 Å². The third kappa shape index (κ3) is 4.50. The maximum Gasteiger partial charge on any atom is 0.237 e. The van der Waals surface area contributed by atoms with E-state index in [1.54, 1.807) is 0 Å². The van der Waals surface area contributed by atoms with E-state index in [4.69, 9.17) is 17.3 Å². The summed E-state index contributed by atoms with van der Waals surface area (Å²) in [7, 11) is 0. The first-order chi connectivity index (χ1) is 11.1. The van der Waals surface area contributed by atoms with Gasteiger partial charge < -0.3 is 11.1 Å². The zero-order chi connectivity index (χ0) is 16.3. The molecule has 1 atom stereocenters. The highest BCUT2D eigenvalue weighted by Gasteiger charge is 2.44. The highest BCUT2D eigenvalue weighted by atomic mass is 35.5. The molecule has 2 aromatic rings. The molecule has 0 aliphatic heterocycles. The number of hydrogen-bond donors (Lipinski definition) is 2. The van der Waals surface area contributed by atoms with Gasteiger partial charge in [0.1, 0.15) is 0 Å². The van der Waals surface area contributed by atoms with Crippen LogP contribution < -0.4 is 11.1 Å². The number of halogens is 2. The largest absolute Gasteiger partial charge is 0.354 e. The van der Waals surface area contributed by atoms with Crippen molar-refractivity contribution in [3.8, 4) is 0 Å². The zero-order valence-corrected chi connectivity index (χ0v) is 14.9. The van der Waals surface area contributed by atoms with Gasteiger partial charge in [0.15, 0.2) is 0 Å². The fraction of sp³-hybridized carbons (Fsp3) is 0.316. The Balaban J connectivity index is 0.00000208. The van der Waals surface area contributed by atoms with Crippen LogP contribution in [0.2, 0.25) is 5.02 Å². The van der Waals surface area contributed by atoms with Crippen LogP contribution in [0.3, 0.4) is 0 Å². The fourth-order valence-electron chi connectivity index (χ4n) is 2.87.